The number of hydrogen-bond acceptors (Lipinski definition) is 9. The predicted molar refractivity (Wildman–Crippen MR) is 228 cm³/mol. The number of nitrogens with zero attached hydrogens (tertiary/aromatic N) is 3. The van der Waals surface area contributed by atoms with Crippen LogP contribution in [0.1, 0.15) is 60.9 Å². The maximum atomic E-state index is 11.7. The quantitative estimate of drug-likeness (QED) is 0.0598. The molecule has 0 fully saturated rings. The zero-order chi connectivity index (χ0) is 37.9. The van der Waals surface area contributed by atoms with Crippen molar-refractivity contribution in [3.8, 4) is 20.9 Å². The molecule has 8 nitrogen and oxygen atoms in total. The number of carbonyl (C=O) groups is 2. The fourth-order valence-electron chi connectivity index (χ4n) is 3.59. The Kier molecular flexibility index (Phi) is 30.6. The number of ketones is 2. The molecule has 0 aliphatic carbocycles. The first-order chi connectivity index (χ1) is 23.4. The molecule has 0 aliphatic rings. The van der Waals surface area contributed by atoms with Crippen molar-refractivity contribution in [1.82, 2.24) is 9.80 Å². The summed E-state index contributed by atoms with van der Waals surface area (Å²) < 4.78 is 9.73. The standard InChI is InChI=1S/C15H16N2OS.C12H11NOS.C5H13NO2.2C2H6.I3/c1-11(18)15-13(16-10-17(2)3)9-14(19-15)12-7-5-4-6-8-12;1-8(14)12-10(13)7-11(15-12)9-5-3-2-4-6-9;1-6(2)5(7-3)8-4;2*1-2;1-3-2/h4-10H,1-3H3;2-7H,13H2,1H3;5H,1-4H3;2*1-2H3;/q;;;;;-1. The van der Waals surface area contributed by atoms with Gasteiger partial charge in [0.05, 0.1) is 27.5 Å². The summed E-state index contributed by atoms with van der Waals surface area (Å²) in [6, 6.07) is 23.8. The Morgan fingerprint density at radius 1 is 0.776 bits per heavy atom. The summed E-state index contributed by atoms with van der Waals surface area (Å²) in [5, 5.41) is 0. The Labute approximate surface area is 332 Å². The van der Waals surface area contributed by atoms with Crippen molar-refractivity contribution in [2.24, 2.45) is 4.99 Å². The average molecular weight is 1050 g/mol. The van der Waals surface area contributed by atoms with Gasteiger partial charge in [0, 0.05) is 51.9 Å². The van der Waals surface area contributed by atoms with Crippen LogP contribution in [0.25, 0.3) is 20.9 Å². The van der Waals surface area contributed by atoms with E-state index in [2.05, 4.69) is 42.2 Å². The number of thiophene rings is 2. The van der Waals surface area contributed by atoms with Gasteiger partial charge in [-0.2, -0.15) is 0 Å². The van der Waals surface area contributed by atoms with Crippen LogP contribution in [-0.4, -0.2) is 76.5 Å². The molecule has 0 spiro atoms. The fourth-order valence-corrected chi connectivity index (χ4v) is 5.58. The number of nitrogen functional groups attached to an aromatic ring is 1. The molecule has 2 aromatic heterocycles. The van der Waals surface area contributed by atoms with Crippen LogP contribution in [0.4, 0.5) is 11.4 Å². The SMILES string of the molecule is CC.CC.CC(=O)c1sc(-c2ccccc2)cc1N.CC(=O)c1sc(-c2ccccc2)cc1N=CN(C)C.COC(OC)N(C)C.I[I-]I. The monoisotopic (exact) mass is 1050 g/mol. The van der Waals surface area contributed by atoms with Gasteiger partial charge >= 0.3 is 50.5 Å². The molecule has 4 rings (SSSR count). The second kappa shape index (κ2) is 30.2. The van der Waals surface area contributed by atoms with Gasteiger partial charge < -0.3 is 20.1 Å². The number of methoxy groups -OCH3 is 2. The Balaban J connectivity index is 0. The summed E-state index contributed by atoms with van der Waals surface area (Å²) >= 11 is 8.24. The average Bonchev–Trinajstić information content (AvgIpc) is 3.72. The van der Waals surface area contributed by atoms with Gasteiger partial charge in [0.2, 0.25) is 6.41 Å². The van der Waals surface area contributed by atoms with E-state index < -0.39 is 0 Å². The summed E-state index contributed by atoms with van der Waals surface area (Å²) in [6.07, 6.45) is 1.50. The van der Waals surface area contributed by atoms with Gasteiger partial charge in [-0.25, -0.2) is 4.99 Å². The van der Waals surface area contributed by atoms with Crippen molar-refractivity contribution in [2.75, 3.05) is 48.1 Å². The summed E-state index contributed by atoms with van der Waals surface area (Å²) in [6.45, 7) is 11.1. The third-order valence-electron chi connectivity index (χ3n) is 5.48. The molecule has 0 amide bonds. The molecule has 0 bridgehead atoms. The number of carbonyl (C=O) groups excluding carboxylic acids is 2. The van der Waals surface area contributed by atoms with E-state index in [1.165, 1.54) is 29.6 Å². The molecular formula is C36H52I3N4O4S2-. The minimum absolute atomic E-state index is 0.0275. The maximum absolute atomic E-state index is 11.7. The van der Waals surface area contributed by atoms with E-state index in [1.54, 1.807) is 27.5 Å². The van der Waals surface area contributed by atoms with Crippen LogP contribution in [0.15, 0.2) is 77.8 Å². The number of nitrogens with two attached hydrogens (primary N) is 1. The number of benzene rings is 2. The van der Waals surface area contributed by atoms with E-state index in [0.29, 0.717) is 28.7 Å². The molecule has 0 atom stereocenters. The normalized spacial score (nSPS) is 9.88. The van der Waals surface area contributed by atoms with Crippen LogP contribution in [-0.2, 0) is 9.47 Å². The Hall–Kier alpha value is -1.48. The molecule has 274 valence electrons. The molecule has 2 aromatic carbocycles. The number of Topliss-reactive ketones (excluding diaryl/α,β-unsaturated/α-hetero) is 2. The van der Waals surface area contributed by atoms with Crippen LogP contribution in [0, 0.1) is 0 Å². The van der Waals surface area contributed by atoms with E-state index in [0.717, 1.165) is 26.6 Å². The molecule has 2 N–H and O–H groups in total. The number of ether oxygens (including phenoxy) is 2. The molecular weight excluding hydrogens is 997 g/mol. The van der Waals surface area contributed by atoms with Gasteiger partial charge in [-0.15, -0.1) is 22.7 Å². The molecule has 0 unspecified atom stereocenters. The molecule has 4 aromatic rings. The number of anilines is 1. The topological polar surface area (TPSA) is 97.5 Å². The molecule has 0 saturated heterocycles. The van der Waals surface area contributed by atoms with Crippen molar-refractivity contribution >= 4 is 89.2 Å². The van der Waals surface area contributed by atoms with Crippen LogP contribution < -0.4 is 19.0 Å². The first-order valence-electron chi connectivity index (χ1n) is 15.4. The van der Waals surface area contributed by atoms with E-state index in [4.69, 9.17) is 15.2 Å². The van der Waals surface area contributed by atoms with E-state index in [-0.39, 0.29) is 18.0 Å². The molecule has 13 heteroatoms. The minimum atomic E-state index is -0.213. The van der Waals surface area contributed by atoms with Gasteiger partial charge in [-0.1, -0.05) is 88.4 Å². The third-order valence-corrected chi connectivity index (χ3v) is 8.06. The van der Waals surface area contributed by atoms with Crippen molar-refractivity contribution in [1.29, 1.82) is 0 Å². The van der Waals surface area contributed by atoms with Crippen molar-refractivity contribution < 1.29 is 32.3 Å². The van der Waals surface area contributed by atoms with Crippen molar-refractivity contribution in [3.63, 3.8) is 0 Å². The molecule has 2 heterocycles. The van der Waals surface area contributed by atoms with Gasteiger partial charge in [0.25, 0.3) is 0 Å². The van der Waals surface area contributed by atoms with Gasteiger partial charge in [-0.3, -0.25) is 14.5 Å². The summed E-state index contributed by atoms with van der Waals surface area (Å²) in [7, 11) is 10.8. The Morgan fingerprint density at radius 3 is 1.47 bits per heavy atom. The zero-order valence-corrected chi connectivity index (χ0v) is 38.7. The first kappa shape index (κ1) is 49.6. The summed E-state index contributed by atoms with van der Waals surface area (Å²) in [5.41, 5.74) is 9.30. The summed E-state index contributed by atoms with van der Waals surface area (Å²) in [5.74, 6) is 0.0813. The Morgan fingerprint density at radius 2 is 1.16 bits per heavy atom. The van der Waals surface area contributed by atoms with Gasteiger partial charge in [-0.05, 0) is 37.4 Å². The first-order valence-corrected chi connectivity index (χ1v) is 29.6. The molecule has 0 saturated carbocycles. The molecule has 0 radical (unpaired) electrons. The van der Waals surface area contributed by atoms with Gasteiger partial charge in [0.1, 0.15) is 0 Å². The van der Waals surface area contributed by atoms with E-state index in [1.807, 2.05) is 138 Å². The van der Waals surface area contributed by atoms with E-state index >= 15 is 0 Å². The number of aliphatic imine (C=N–C) groups is 1. The molecule has 49 heavy (non-hydrogen) atoms. The second-order valence-electron chi connectivity index (χ2n) is 9.57. The van der Waals surface area contributed by atoms with Crippen molar-refractivity contribution in [3.05, 3.63) is 82.6 Å². The second-order valence-corrected chi connectivity index (χ2v) is 27.9. The number of rotatable bonds is 9. The Bertz CT molecular complexity index is 1460. The van der Waals surface area contributed by atoms with Crippen LogP contribution in [0.3, 0.4) is 0 Å². The van der Waals surface area contributed by atoms with Crippen LogP contribution >= 0.6 is 59.9 Å². The van der Waals surface area contributed by atoms with Crippen LogP contribution in [0.2, 0.25) is 0 Å². The van der Waals surface area contributed by atoms with Crippen LogP contribution in [0.5, 0.6) is 0 Å². The molecule has 0 aliphatic heterocycles. The summed E-state index contributed by atoms with van der Waals surface area (Å²) in [4.78, 5) is 34.4. The number of halogens is 3. The zero-order valence-electron chi connectivity index (χ0n) is 30.6. The van der Waals surface area contributed by atoms with Crippen molar-refractivity contribution in [2.45, 2.75) is 48.0 Å². The third kappa shape index (κ3) is 20.2. The predicted octanol–water partition coefficient (Wildman–Crippen LogP) is 7.99. The van der Waals surface area contributed by atoms with Gasteiger partial charge in [0.15, 0.2) is 11.6 Å². The number of hydrogen-bond donors (Lipinski definition) is 1. The fraction of sp³-hybridized carbons (Fsp3) is 0.361. The van der Waals surface area contributed by atoms with E-state index in [9.17, 15) is 9.59 Å².